The van der Waals surface area contributed by atoms with E-state index in [9.17, 15) is 4.79 Å². The van der Waals surface area contributed by atoms with Crippen LogP contribution in [0.25, 0.3) is 0 Å². The molecule has 0 aromatic heterocycles. The fraction of sp³-hybridized carbons (Fsp3) is 0.0909. The van der Waals surface area contributed by atoms with E-state index in [1.807, 2.05) is 42.5 Å². The van der Waals surface area contributed by atoms with Crippen LogP contribution in [0.4, 0.5) is 0 Å². The number of hydrogen-bond donors (Lipinski definition) is 1. The van der Waals surface area contributed by atoms with Crippen LogP contribution in [-0.2, 0) is 6.61 Å². The largest absolute Gasteiger partial charge is 0.496 e. The fourth-order valence-electron chi connectivity index (χ4n) is 2.48. The summed E-state index contributed by atoms with van der Waals surface area (Å²) in [6.07, 6.45) is 1.53. The average molecular weight is 474 g/mol. The maximum absolute atomic E-state index is 12.3. The topological polar surface area (TPSA) is 59.9 Å². The van der Waals surface area contributed by atoms with Crippen molar-refractivity contribution in [3.05, 3.63) is 92.9 Å². The second-order valence-corrected chi connectivity index (χ2v) is 7.38. The summed E-state index contributed by atoms with van der Waals surface area (Å²) in [5.41, 5.74) is 4.73. The maximum Gasteiger partial charge on any atom is 0.271 e. The number of carbonyl (C=O) groups excluding carboxylic acids is 1. The summed E-state index contributed by atoms with van der Waals surface area (Å²) < 4.78 is 11.9. The number of hydrogen-bond acceptors (Lipinski definition) is 4. The number of hydrazone groups is 1. The van der Waals surface area contributed by atoms with E-state index in [4.69, 9.17) is 21.1 Å². The zero-order valence-electron chi connectivity index (χ0n) is 15.6. The van der Waals surface area contributed by atoms with E-state index in [0.29, 0.717) is 28.7 Å². The Kier molecular flexibility index (Phi) is 7.27. The van der Waals surface area contributed by atoms with Crippen molar-refractivity contribution in [3.8, 4) is 11.5 Å². The minimum atomic E-state index is -0.320. The molecular weight excluding hydrogens is 456 g/mol. The van der Waals surface area contributed by atoms with Gasteiger partial charge in [0.15, 0.2) is 0 Å². The molecule has 3 rings (SSSR count). The van der Waals surface area contributed by atoms with Crippen molar-refractivity contribution >= 4 is 39.7 Å². The summed E-state index contributed by atoms with van der Waals surface area (Å²) in [6.45, 7) is 0.418. The molecule has 148 valence electrons. The Morgan fingerprint density at radius 1 is 1.10 bits per heavy atom. The quantitative estimate of drug-likeness (QED) is 0.366. The number of amides is 1. The van der Waals surface area contributed by atoms with E-state index in [1.165, 1.54) is 6.21 Å². The van der Waals surface area contributed by atoms with Crippen molar-refractivity contribution in [1.29, 1.82) is 0 Å². The molecule has 1 amide bonds. The lowest BCUT2D eigenvalue weighted by molar-refractivity contribution is 0.0955. The molecule has 0 bridgehead atoms. The van der Waals surface area contributed by atoms with Crippen LogP contribution in [0.5, 0.6) is 11.5 Å². The van der Waals surface area contributed by atoms with Crippen LogP contribution in [0.2, 0.25) is 5.02 Å². The molecule has 0 unspecified atom stereocenters. The third-order valence-electron chi connectivity index (χ3n) is 4.00. The van der Waals surface area contributed by atoms with Gasteiger partial charge in [0.1, 0.15) is 18.1 Å². The molecule has 0 aliphatic rings. The van der Waals surface area contributed by atoms with E-state index < -0.39 is 0 Å². The van der Waals surface area contributed by atoms with Gasteiger partial charge in [0, 0.05) is 20.6 Å². The first-order valence-corrected chi connectivity index (χ1v) is 9.86. The molecule has 7 heteroatoms. The molecule has 0 saturated carbocycles. The molecule has 3 aromatic rings. The van der Waals surface area contributed by atoms with Crippen LogP contribution in [0.1, 0.15) is 21.5 Å². The van der Waals surface area contributed by atoms with Crippen molar-refractivity contribution in [2.45, 2.75) is 6.61 Å². The Morgan fingerprint density at radius 2 is 1.83 bits per heavy atom. The lowest BCUT2D eigenvalue weighted by Gasteiger charge is -2.07. The lowest BCUT2D eigenvalue weighted by Crippen LogP contribution is -2.17. The molecule has 5 nitrogen and oxygen atoms in total. The predicted octanol–water partition coefficient (Wildman–Crippen LogP) is 5.45. The highest BCUT2D eigenvalue weighted by Crippen LogP contribution is 2.21. The second-order valence-electron chi connectivity index (χ2n) is 6.02. The summed E-state index contributed by atoms with van der Waals surface area (Å²) in [5.74, 6) is 1.01. The minimum Gasteiger partial charge on any atom is -0.496 e. The molecule has 0 fully saturated rings. The standard InChI is InChI=1S/C22H18BrClN2O3/c1-28-21-11-6-18(23)12-17(21)13-25-26-22(27)16-4-9-20(10-5-16)29-14-15-2-7-19(24)8-3-15/h2-13H,14H2,1H3,(H,26,27)/b25-13-. The molecule has 0 aliphatic heterocycles. The van der Waals surface area contributed by atoms with E-state index in [2.05, 4.69) is 26.5 Å². The molecule has 3 aromatic carbocycles. The first kappa shape index (κ1) is 20.9. The number of nitrogens with zero attached hydrogens (tertiary/aromatic N) is 1. The molecule has 0 heterocycles. The Bertz CT molecular complexity index is 1010. The smallest absolute Gasteiger partial charge is 0.271 e. The Morgan fingerprint density at radius 3 is 2.52 bits per heavy atom. The number of halogens is 2. The van der Waals surface area contributed by atoms with Crippen molar-refractivity contribution in [3.63, 3.8) is 0 Å². The number of nitrogens with one attached hydrogen (secondary N) is 1. The highest BCUT2D eigenvalue weighted by Gasteiger charge is 2.06. The first-order valence-electron chi connectivity index (χ1n) is 8.69. The monoisotopic (exact) mass is 472 g/mol. The molecule has 29 heavy (non-hydrogen) atoms. The first-order chi connectivity index (χ1) is 14.0. The zero-order valence-corrected chi connectivity index (χ0v) is 17.9. The number of benzene rings is 3. The number of carbonyl (C=O) groups is 1. The van der Waals surface area contributed by atoms with Crippen LogP contribution in [0.15, 0.2) is 76.3 Å². The predicted molar refractivity (Wildman–Crippen MR) is 118 cm³/mol. The van der Waals surface area contributed by atoms with Crippen molar-refractivity contribution in [1.82, 2.24) is 5.43 Å². The number of ether oxygens (including phenoxy) is 2. The third-order valence-corrected chi connectivity index (χ3v) is 4.74. The van der Waals surface area contributed by atoms with Crippen LogP contribution < -0.4 is 14.9 Å². The fourth-order valence-corrected chi connectivity index (χ4v) is 2.99. The molecular formula is C22H18BrClN2O3. The van der Waals surface area contributed by atoms with Crippen molar-refractivity contribution in [2.24, 2.45) is 5.10 Å². The molecule has 0 saturated heterocycles. The molecule has 0 spiro atoms. The van der Waals surface area contributed by atoms with Gasteiger partial charge in [0.25, 0.3) is 5.91 Å². The van der Waals surface area contributed by atoms with E-state index in [0.717, 1.165) is 15.6 Å². The molecule has 1 N–H and O–H groups in total. The summed E-state index contributed by atoms with van der Waals surface area (Å²) in [5, 5.41) is 4.69. The van der Waals surface area contributed by atoms with Crippen molar-refractivity contribution in [2.75, 3.05) is 7.11 Å². The number of methoxy groups -OCH3 is 1. The lowest BCUT2D eigenvalue weighted by atomic mass is 10.2. The van der Waals surface area contributed by atoms with Gasteiger partial charge in [-0.1, -0.05) is 39.7 Å². The Labute approximate surface area is 182 Å². The molecule has 0 radical (unpaired) electrons. The normalized spacial score (nSPS) is 10.7. The van der Waals surface area contributed by atoms with Gasteiger partial charge in [0.05, 0.1) is 13.3 Å². The Balaban J connectivity index is 1.56. The number of rotatable bonds is 7. The average Bonchev–Trinajstić information content (AvgIpc) is 2.74. The summed E-state index contributed by atoms with van der Waals surface area (Å²) >= 11 is 9.27. The van der Waals surface area contributed by atoms with Gasteiger partial charge >= 0.3 is 0 Å². The van der Waals surface area contributed by atoms with Crippen molar-refractivity contribution < 1.29 is 14.3 Å². The van der Waals surface area contributed by atoms with Crippen LogP contribution >= 0.6 is 27.5 Å². The van der Waals surface area contributed by atoms with E-state index in [1.54, 1.807) is 31.4 Å². The third kappa shape index (κ3) is 6.07. The van der Waals surface area contributed by atoms with Gasteiger partial charge in [-0.25, -0.2) is 5.43 Å². The van der Waals surface area contributed by atoms with Gasteiger partial charge in [-0.2, -0.15) is 5.10 Å². The highest BCUT2D eigenvalue weighted by molar-refractivity contribution is 9.10. The van der Waals surface area contributed by atoms with E-state index in [-0.39, 0.29) is 5.91 Å². The Hall–Kier alpha value is -2.83. The maximum atomic E-state index is 12.3. The van der Waals surface area contributed by atoms with Crippen LogP contribution in [0, 0.1) is 0 Å². The summed E-state index contributed by atoms with van der Waals surface area (Å²) in [7, 11) is 1.58. The van der Waals surface area contributed by atoms with Crippen LogP contribution in [-0.4, -0.2) is 19.2 Å². The van der Waals surface area contributed by atoms with Gasteiger partial charge in [0.2, 0.25) is 0 Å². The molecule has 0 atom stereocenters. The summed E-state index contributed by atoms with van der Waals surface area (Å²) in [4.78, 5) is 12.3. The van der Waals surface area contributed by atoms with Gasteiger partial charge in [-0.3, -0.25) is 4.79 Å². The van der Waals surface area contributed by atoms with Crippen LogP contribution in [0.3, 0.4) is 0 Å². The van der Waals surface area contributed by atoms with Gasteiger partial charge in [-0.15, -0.1) is 0 Å². The molecule has 0 aliphatic carbocycles. The highest BCUT2D eigenvalue weighted by atomic mass is 79.9. The zero-order chi connectivity index (χ0) is 20.6. The second kappa shape index (κ2) is 10.1. The van der Waals surface area contributed by atoms with Gasteiger partial charge < -0.3 is 9.47 Å². The minimum absolute atomic E-state index is 0.320. The SMILES string of the molecule is COc1ccc(Br)cc1/C=N\NC(=O)c1ccc(OCc2ccc(Cl)cc2)cc1. The van der Waals surface area contributed by atoms with E-state index >= 15 is 0 Å². The summed E-state index contributed by atoms with van der Waals surface area (Å²) in [6, 6.07) is 19.8. The van der Waals surface area contributed by atoms with Gasteiger partial charge in [-0.05, 0) is 60.2 Å².